The lowest BCUT2D eigenvalue weighted by Crippen LogP contribution is -2.30. The molecule has 1 atom stereocenters. The average molecular weight is 520 g/mol. The van der Waals surface area contributed by atoms with Crippen LogP contribution in [0.4, 0.5) is 0 Å². The van der Waals surface area contributed by atoms with Crippen molar-refractivity contribution in [3.05, 3.63) is 119 Å². The number of aromatic nitrogens is 4. The molecule has 7 heteroatoms. The molecule has 0 aliphatic carbocycles. The minimum Gasteiger partial charge on any atom is -0.420 e. The first kappa shape index (κ1) is 26.1. The Balaban J connectivity index is 1.43. The molecule has 0 radical (unpaired) electrons. The van der Waals surface area contributed by atoms with Gasteiger partial charge in [-0.3, -0.25) is 4.79 Å². The summed E-state index contributed by atoms with van der Waals surface area (Å²) >= 11 is 0. The molecule has 0 aliphatic rings. The maximum Gasteiger partial charge on any atom is 0.268 e. The van der Waals surface area contributed by atoms with Crippen LogP contribution in [0, 0.1) is 12.8 Å². The Morgan fingerprint density at radius 1 is 0.923 bits per heavy atom. The van der Waals surface area contributed by atoms with Crippen LogP contribution in [-0.4, -0.2) is 25.9 Å². The number of carbonyl (C=O) groups is 1. The number of nitrogens with one attached hydrogen (secondary N) is 1. The van der Waals surface area contributed by atoms with Crippen LogP contribution in [0.1, 0.15) is 59.4 Å². The van der Waals surface area contributed by atoms with Crippen LogP contribution in [0.25, 0.3) is 17.3 Å². The Morgan fingerprint density at radius 3 is 2.36 bits per heavy atom. The van der Waals surface area contributed by atoms with Gasteiger partial charge in [-0.1, -0.05) is 80.6 Å². The Kier molecular flexibility index (Phi) is 7.96. The number of carbonyl (C=O) groups excluding carboxylic acids is 1. The van der Waals surface area contributed by atoms with Crippen molar-refractivity contribution in [2.75, 3.05) is 0 Å². The second-order valence-corrected chi connectivity index (χ2v) is 10.2. The molecule has 1 amide bonds. The zero-order chi connectivity index (χ0) is 27.2. The van der Waals surface area contributed by atoms with E-state index in [0.717, 1.165) is 35.3 Å². The van der Waals surface area contributed by atoms with E-state index < -0.39 is 0 Å². The fraction of sp³-hybridized carbons (Fsp3) is 0.250. The van der Waals surface area contributed by atoms with E-state index in [4.69, 9.17) is 9.52 Å². The standard InChI is InChI=1S/C32H33N5O2/c1-22(2)17-18-28-21-30(32-35-34-23(3)39-32)36-37(28)27-16-10-15-26(20-27)31(38)33-29(25-13-8-5-9-14-25)19-24-11-6-4-7-12-24/h4-16,20-22,29H,17-19H2,1-3H3,(H,33,38). The molecule has 0 fully saturated rings. The van der Waals surface area contributed by atoms with Gasteiger partial charge in [0.05, 0.1) is 11.7 Å². The van der Waals surface area contributed by atoms with Crippen LogP contribution in [0.3, 0.4) is 0 Å². The molecule has 0 saturated carbocycles. The topological polar surface area (TPSA) is 85.8 Å². The molecule has 2 heterocycles. The first-order valence-corrected chi connectivity index (χ1v) is 13.4. The van der Waals surface area contributed by atoms with Crippen molar-refractivity contribution in [3.8, 4) is 17.3 Å². The molecule has 5 aromatic rings. The molecule has 0 saturated heterocycles. The third kappa shape index (κ3) is 6.49. The minimum atomic E-state index is -0.163. The number of nitrogens with zero attached hydrogens (tertiary/aromatic N) is 4. The van der Waals surface area contributed by atoms with Gasteiger partial charge in [0, 0.05) is 18.2 Å². The monoisotopic (exact) mass is 519 g/mol. The van der Waals surface area contributed by atoms with Gasteiger partial charge in [0.15, 0.2) is 0 Å². The summed E-state index contributed by atoms with van der Waals surface area (Å²) in [5.74, 6) is 1.28. The van der Waals surface area contributed by atoms with Crippen LogP contribution < -0.4 is 5.32 Å². The molecular weight excluding hydrogens is 486 g/mol. The fourth-order valence-electron chi connectivity index (χ4n) is 4.57. The van der Waals surface area contributed by atoms with Gasteiger partial charge in [0.2, 0.25) is 5.89 Å². The minimum absolute atomic E-state index is 0.134. The Labute approximate surface area is 228 Å². The highest BCUT2D eigenvalue weighted by atomic mass is 16.4. The quantitative estimate of drug-likeness (QED) is 0.227. The molecule has 0 bridgehead atoms. The van der Waals surface area contributed by atoms with E-state index in [-0.39, 0.29) is 11.9 Å². The zero-order valence-electron chi connectivity index (χ0n) is 22.5. The van der Waals surface area contributed by atoms with Gasteiger partial charge in [-0.2, -0.15) is 5.10 Å². The molecule has 3 aromatic carbocycles. The molecule has 0 aliphatic heterocycles. The molecule has 7 nitrogen and oxygen atoms in total. The van der Waals surface area contributed by atoms with Crippen LogP contribution in [0.15, 0.2) is 95.4 Å². The first-order valence-electron chi connectivity index (χ1n) is 13.4. The highest BCUT2D eigenvalue weighted by molar-refractivity contribution is 5.95. The Morgan fingerprint density at radius 2 is 1.67 bits per heavy atom. The van der Waals surface area contributed by atoms with E-state index >= 15 is 0 Å². The van der Waals surface area contributed by atoms with Crippen molar-refractivity contribution in [2.24, 2.45) is 5.92 Å². The summed E-state index contributed by atoms with van der Waals surface area (Å²) in [4.78, 5) is 13.6. The summed E-state index contributed by atoms with van der Waals surface area (Å²) < 4.78 is 7.52. The third-order valence-corrected chi connectivity index (χ3v) is 6.65. The molecule has 0 spiro atoms. The predicted octanol–water partition coefficient (Wildman–Crippen LogP) is 6.53. The largest absolute Gasteiger partial charge is 0.420 e. The number of benzene rings is 3. The number of amides is 1. The van der Waals surface area contributed by atoms with E-state index in [9.17, 15) is 4.79 Å². The van der Waals surface area contributed by atoms with Gasteiger partial charge < -0.3 is 9.73 Å². The summed E-state index contributed by atoms with van der Waals surface area (Å²) in [6.07, 6.45) is 2.54. The molecule has 198 valence electrons. The molecule has 1 unspecified atom stereocenters. The summed E-state index contributed by atoms with van der Waals surface area (Å²) in [6, 6.07) is 29.7. The van der Waals surface area contributed by atoms with Gasteiger partial charge in [-0.05, 0) is 60.6 Å². The van der Waals surface area contributed by atoms with Crippen molar-refractivity contribution < 1.29 is 9.21 Å². The zero-order valence-corrected chi connectivity index (χ0v) is 22.5. The average Bonchev–Trinajstić information content (AvgIpc) is 3.59. The summed E-state index contributed by atoms with van der Waals surface area (Å²) in [7, 11) is 0. The lowest BCUT2D eigenvalue weighted by molar-refractivity contribution is 0.0936. The highest BCUT2D eigenvalue weighted by Crippen LogP contribution is 2.24. The van der Waals surface area contributed by atoms with Crippen LogP contribution >= 0.6 is 0 Å². The second-order valence-electron chi connectivity index (χ2n) is 10.2. The van der Waals surface area contributed by atoms with Crippen LogP contribution in [0.5, 0.6) is 0 Å². The third-order valence-electron chi connectivity index (χ3n) is 6.65. The lowest BCUT2D eigenvalue weighted by atomic mass is 9.98. The Hall–Kier alpha value is -4.52. The van der Waals surface area contributed by atoms with E-state index in [2.05, 4.69) is 53.6 Å². The number of hydrogen-bond acceptors (Lipinski definition) is 5. The SMILES string of the molecule is Cc1nnc(-c2cc(CCC(C)C)n(-c3cccc(C(=O)NC(Cc4ccccc4)c4ccccc4)c3)n2)o1. The normalized spacial score (nSPS) is 12.0. The lowest BCUT2D eigenvalue weighted by Gasteiger charge is -2.20. The van der Waals surface area contributed by atoms with E-state index in [1.54, 1.807) is 6.92 Å². The number of rotatable bonds is 10. The molecule has 2 aromatic heterocycles. The molecule has 1 N–H and O–H groups in total. The van der Waals surface area contributed by atoms with Gasteiger partial charge in [-0.25, -0.2) is 4.68 Å². The maximum absolute atomic E-state index is 13.6. The van der Waals surface area contributed by atoms with E-state index in [0.29, 0.717) is 35.4 Å². The van der Waals surface area contributed by atoms with Crippen molar-refractivity contribution in [1.82, 2.24) is 25.3 Å². The number of hydrogen-bond donors (Lipinski definition) is 1. The van der Waals surface area contributed by atoms with E-state index in [1.165, 1.54) is 0 Å². The molecule has 5 rings (SSSR count). The molecule has 39 heavy (non-hydrogen) atoms. The van der Waals surface area contributed by atoms with Gasteiger partial charge in [-0.15, -0.1) is 10.2 Å². The van der Waals surface area contributed by atoms with Crippen LogP contribution in [0.2, 0.25) is 0 Å². The summed E-state index contributed by atoms with van der Waals surface area (Å²) in [5.41, 5.74) is 5.25. The van der Waals surface area contributed by atoms with Crippen molar-refractivity contribution in [3.63, 3.8) is 0 Å². The first-order chi connectivity index (χ1) is 19.0. The summed E-state index contributed by atoms with van der Waals surface area (Å²) in [6.45, 7) is 6.16. The highest BCUT2D eigenvalue weighted by Gasteiger charge is 2.19. The van der Waals surface area contributed by atoms with Gasteiger partial charge >= 0.3 is 0 Å². The fourth-order valence-corrected chi connectivity index (χ4v) is 4.57. The second kappa shape index (κ2) is 11.9. The number of aryl methyl sites for hydroxylation is 2. The van der Waals surface area contributed by atoms with Gasteiger partial charge in [0.1, 0.15) is 5.69 Å². The van der Waals surface area contributed by atoms with Gasteiger partial charge in [0.25, 0.3) is 11.8 Å². The molecular formula is C32H33N5O2. The van der Waals surface area contributed by atoms with Crippen molar-refractivity contribution in [1.29, 1.82) is 0 Å². The van der Waals surface area contributed by atoms with Crippen LogP contribution in [-0.2, 0) is 12.8 Å². The van der Waals surface area contributed by atoms with E-state index in [1.807, 2.05) is 71.4 Å². The smallest absolute Gasteiger partial charge is 0.268 e. The predicted molar refractivity (Wildman–Crippen MR) is 152 cm³/mol. The maximum atomic E-state index is 13.6. The Bertz CT molecular complexity index is 1520. The van der Waals surface area contributed by atoms with Crippen molar-refractivity contribution in [2.45, 2.75) is 46.1 Å². The summed E-state index contributed by atoms with van der Waals surface area (Å²) in [5, 5.41) is 16.2. The van der Waals surface area contributed by atoms with Crippen molar-refractivity contribution >= 4 is 5.91 Å².